The summed E-state index contributed by atoms with van der Waals surface area (Å²) in [5.74, 6) is -1.13. The first-order valence-electron chi connectivity index (χ1n) is 18.6. The van der Waals surface area contributed by atoms with E-state index in [1.807, 2.05) is 72.8 Å². The molecule has 0 bridgehead atoms. The smallest absolute Gasteiger partial charge is 0.308 e. The zero-order valence-electron chi connectivity index (χ0n) is 31.6. The van der Waals surface area contributed by atoms with Gasteiger partial charge in [-0.1, -0.05) is 103 Å². The molecule has 0 fully saturated rings. The van der Waals surface area contributed by atoms with Crippen LogP contribution in [0.4, 0.5) is 45.2 Å². The van der Waals surface area contributed by atoms with Crippen molar-refractivity contribution in [2.45, 2.75) is 25.5 Å². The number of hydrogen-bond donors (Lipinski definition) is 0. The van der Waals surface area contributed by atoms with E-state index >= 15 is 0 Å². The molecule has 0 spiro atoms. The summed E-state index contributed by atoms with van der Waals surface area (Å²) >= 11 is 0. The van der Waals surface area contributed by atoms with Gasteiger partial charge in [0, 0.05) is 17.7 Å². The van der Waals surface area contributed by atoms with Crippen LogP contribution in [0, 0.1) is 0 Å². The fourth-order valence-electron chi connectivity index (χ4n) is 7.63. The summed E-state index contributed by atoms with van der Waals surface area (Å²) in [5.41, 5.74) is 1.98. The van der Waals surface area contributed by atoms with E-state index in [0.29, 0.717) is 39.2 Å². The van der Waals surface area contributed by atoms with Crippen LogP contribution in [0.25, 0.3) is 60.9 Å². The van der Waals surface area contributed by atoms with E-state index in [1.54, 1.807) is 59.2 Å². The lowest BCUT2D eigenvalue weighted by molar-refractivity contribution is -0.142. The Labute approximate surface area is 341 Å². The van der Waals surface area contributed by atoms with Crippen LogP contribution in [0.3, 0.4) is 0 Å². The second kappa shape index (κ2) is 15.1. The standard InChI is InChI=1S/C46H26F6N2O2.C2H3F3/c47-45(48,49)32-19-21-34(38(26-32)46(50,51)52)29-18-20-36-35-14-7-8-16-39(35)54(41(36)25-29)40-17-9-15-37-42(40)44(56)53(43(37)55)33-23-30(27-10-3-1-4-11-27)22-31(24-33)28-12-5-2-6-13-28;1-2(3,4)5/h1-26H;1H3. The predicted octanol–water partition coefficient (Wildman–Crippen LogP) is 14.2. The van der Waals surface area contributed by atoms with Gasteiger partial charge in [-0.2, -0.15) is 39.5 Å². The van der Waals surface area contributed by atoms with Gasteiger partial charge < -0.3 is 4.57 Å². The lowest BCUT2D eigenvalue weighted by Gasteiger charge is -2.18. The maximum absolute atomic E-state index is 14.7. The Bertz CT molecular complexity index is 2920. The molecule has 1 aliphatic rings. The van der Waals surface area contributed by atoms with Crippen LogP contribution in [0.5, 0.6) is 0 Å². The van der Waals surface area contributed by atoms with Crippen molar-refractivity contribution >= 4 is 39.3 Å². The van der Waals surface area contributed by atoms with Crippen LogP contribution in [-0.4, -0.2) is 22.6 Å². The highest BCUT2D eigenvalue weighted by atomic mass is 19.4. The van der Waals surface area contributed by atoms with Crippen LogP contribution >= 0.6 is 0 Å². The number of halogens is 9. The first-order chi connectivity index (χ1) is 28.9. The molecule has 1 aromatic heterocycles. The second-order valence-corrected chi connectivity index (χ2v) is 14.3. The lowest BCUT2D eigenvalue weighted by Crippen LogP contribution is -2.29. The maximum Gasteiger partial charge on any atom is 0.417 e. The van der Waals surface area contributed by atoms with Gasteiger partial charge in [0.25, 0.3) is 11.8 Å². The molecule has 1 aliphatic heterocycles. The molecule has 2 heterocycles. The molecule has 0 radical (unpaired) electrons. The third-order valence-electron chi connectivity index (χ3n) is 10.2. The molecule has 7 aromatic carbocycles. The fraction of sp³-hybridized carbons (Fsp3) is 0.0833. The highest BCUT2D eigenvalue weighted by Crippen LogP contribution is 2.44. The minimum atomic E-state index is -5.09. The third kappa shape index (κ3) is 7.86. The quantitative estimate of drug-likeness (QED) is 0.128. The van der Waals surface area contributed by atoms with Crippen LogP contribution < -0.4 is 4.90 Å². The predicted molar refractivity (Wildman–Crippen MR) is 216 cm³/mol. The summed E-state index contributed by atoms with van der Waals surface area (Å²) in [7, 11) is 0. The van der Waals surface area contributed by atoms with Crippen molar-refractivity contribution in [3.63, 3.8) is 0 Å². The molecule has 9 rings (SSSR count). The molecular formula is C48H29F9N2O2. The molecule has 13 heteroatoms. The van der Waals surface area contributed by atoms with Crippen molar-refractivity contribution in [3.8, 4) is 39.1 Å². The first-order valence-corrected chi connectivity index (χ1v) is 18.6. The summed E-state index contributed by atoms with van der Waals surface area (Å²) < 4.78 is 116. The normalized spacial score (nSPS) is 13.1. The third-order valence-corrected chi connectivity index (χ3v) is 10.2. The van der Waals surface area contributed by atoms with Gasteiger partial charge in [0.15, 0.2) is 0 Å². The minimum absolute atomic E-state index is 0.0189. The number of para-hydroxylation sites is 1. The van der Waals surface area contributed by atoms with Gasteiger partial charge in [-0.25, -0.2) is 4.90 Å². The van der Waals surface area contributed by atoms with Crippen molar-refractivity contribution in [2.24, 2.45) is 0 Å². The minimum Gasteiger partial charge on any atom is -0.308 e. The number of amides is 2. The van der Waals surface area contributed by atoms with E-state index in [4.69, 9.17) is 0 Å². The SMILES string of the molecule is CC(F)(F)F.O=C1c2cccc(-n3c4ccccc4c4ccc(-c5ccc(C(F)(F)F)cc5C(F)(F)F)cc43)c2C(=O)N1c1cc(-c2ccccc2)cc(-c2ccccc2)c1. The van der Waals surface area contributed by atoms with E-state index in [9.17, 15) is 49.1 Å². The summed E-state index contributed by atoms with van der Waals surface area (Å²) in [6.07, 6.45) is -14.1. The van der Waals surface area contributed by atoms with Crippen LogP contribution in [0.1, 0.15) is 38.8 Å². The van der Waals surface area contributed by atoms with Gasteiger partial charge in [0.05, 0.1) is 44.7 Å². The number of hydrogen-bond acceptors (Lipinski definition) is 2. The van der Waals surface area contributed by atoms with Crippen molar-refractivity contribution in [1.29, 1.82) is 0 Å². The van der Waals surface area contributed by atoms with Crippen LogP contribution in [-0.2, 0) is 12.4 Å². The monoisotopic (exact) mass is 836 g/mol. The van der Waals surface area contributed by atoms with Crippen molar-refractivity contribution in [2.75, 3.05) is 4.90 Å². The topological polar surface area (TPSA) is 42.3 Å². The molecule has 0 saturated heterocycles. The fourth-order valence-corrected chi connectivity index (χ4v) is 7.63. The Balaban J connectivity index is 0.000000973. The number of benzene rings is 7. The van der Waals surface area contributed by atoms with Gasteiger partial charge in [0.1, 0.15) is 0 Å². The number of fused-ring (bicyclic) bond motifs is 4. The average Bonchev–Trinajstić information content (AvgIpc) is 3.69. The molecule has 4 nitrogen and oxygen atoms in total. The Kier molecular flexibility index (Phi) is 10.1. The van der Waals surface area contributed by atoms with E-state index in [1.165, 1.54) is 12.1 Å². The highest BCUT2D eigenvalue weighted by Gasteiger charge is 2.41. The maximum atomic E-state index is 14.7. The van der Waals surface area contributed by atoms with E-state index in [2.05, 4.69) is 0 Å². The van der Waals surface area contributed by atoms with Gasteiger partial charge in [-0.05, 0) is 88.0 Å². The Morgan fingerprint density at radius 1 is 0.443 bits per heavy atom. The lowest BCUT2D eigenvalue weighted by atomic mass is 9.96. The van der Waals surface area contributed by atoms with E-state index < -0.39 is 47.0 Å². The zero-order chi connectivity index (χ0) is 43.4. The molecule has 0 aliphatic carbocycles. The van der Waals surface area contributed by atoms with Gasteiger partial charge >= 0.3 is 18.5 Å². The highest BCUT2D eigenvalue weighted by molar-refractivity contribution is 6.36. The van der Waals surface area contributed by atoms with Crippen molar-refractivity contribution in [1.82, 2.24) is 4.57 Å². The number of aromatic nitrogens is 1. The summed E-state index contributed by atoms with van der Waals surface area (Å²) in [4.78, 5) is 30.2. The molecule has 61 heavy (non-hydrogen) atoms. The zero-order valence-corrected chi connectivity index (χ0v) is 31.6. The second-order valence-electron chi connectivity index (χ2n) is 14.3. The number of anilines is 1. The number of nitrogens with zero attached hydrogens (tertiary/aromatic N) is 2. The summed E-state index contributed by atoms with van der Waals surface area (Å²) in [6, 6.07) is 42.9. The number of imide groups is 1. The van der Waals surface area contributed by atoms with Gasteiger partial charge in [-0.15, -0.1) is 0 Å². The number of alkyl halides is 9. The molecule has 306 valence electrons. The van der Waals surface area contributed by atoms with Crippen molar-refractivity contribution < 1.29 is 49.1 Å². The Hall–Kier alpha value is -7.15. The Morgan fingerprint density at radius 2 is 1.02 bits per heavy atom. The molecular weight excluding hydrogens is 808 g/mol. The average molecular weight is 837 g/mol. The molecule has 2 amide bonds. The molecule has 8 aromatic rings. The van der Waals surface area contributed by atoms with Gasteiger partial charge in [0.2, 0.25) is 0 Å². The number of carbonyl (C=O) groups excluding carboxylic acids is 2. The number of carbonyl (C=O) groups is 2. The van der Waals surface area contributed by atoms with Crippen LogP contribution in [0.15, 0.2) is 158 Å². The molecule has 0 saturated carbocycles. The van der Waals surface area contributed by atoms with E-state index in [0.717, 1.165) is 33.2 Å². The number of rotatable bonds is 5. The largest absolute Gasteiger partial charge is 0.417 e. The molecule has 0 atom stereocenters. The molecule has 0 unspecified atom stereocenters. The van der Waals surface area contributed by atoms with Gasteiger partial charge in [-0.3, -0.25) is 9.59 Å². The van der Waals surface area contributed by atoms with Crippen LogP contribution in [0.2, 0.25) is 0 Å². The summed E-state index contributed by atoms with van der Waals surface area (Å²) in [5, 5.41) is 1.34. The molecule has 0 N–H and O–H groups in total. The first kappa shape index (κ1) is 40.6. The summed E-state index contributed by atoms with van der Waals surface area (Å²) in [6.45, 7) is 0.188. The van der Waals surface area contributed by atoms with Crippen molar-refractivity contribution in [3.05, 3.63) is 180 Å². The van der Waals surface area contributed by atoms with E-state index in [-0.39, 0.29) is 29.7 Å². The Morgan fingerprint density at radius 3 is 1.61 bits per heavy atom.